The maximum absolute atomic E-state index is 12.3. The maximum Gasteiger partial charge on any atom is 0.257 e. The number of benzene rings is 1. The highest BCUT2D eigenvalue weighted by molar-refractivity contribution is 7.22. The van der Waals surface area contributed by atoms with E-state index in [9.17, 15) is 4.79 Å². The van der Waals surface area contributed by atoms with E-state index in [0.717, 1.165) is 36.7 Å². The quantitative estimate of drug-likeness (QED) is 0.719. The highest BCUT2D eigenvalue weighted by Gasteiger charge is 2.17. The normalized spacial score (nSPS) is 14.2. The van der Waals surface area contributed by atoms with Gasteiger partial charge in [-0.05, 0) is 31.0 Å². The van der Waals surface area contributed by atoms with E-state index >= 15 is 0 Å². The van der Waals surface area contributed by atoms with Crippen molar-refractivity contribution in [1.29, 1.82) is 0 Å². The summed E-state index contributed by atoms with van der Waals surface area (Å²) in [5.41, 5.74) is 1.08. The van der Waals surface area contributed by atoms with E-state index in [4.69, 9.17) is 23.2 Å². The van der Waals surface area contributed by atoms with Crippen molar-refractivity contribution in [2.24, 2.45) is 0 Å². The van der Waals surface area contributed by atoms with Crippen molar-refractivity contribution in [3.05, 3.63) is 40.0 Å². The Morgan fingerprint density at radius 3 is 2.72 bits per heavy atom. The summed E-state index contributed by atoms with van der Waals surface area (Å²) in [6.45, 7) is 1.95. The molecular weight excluding hydrogens is 381 g/mol. The summed E-state index contributed by atoms with van der Waals surface area (Å²) in [5.74, 6) is 0.418. The molecule has 0 saturated carbocycles. The van der Waals surface area contributed by atoms with Gasteiger partial charge in [0.15, 0.2) is 9.96 Å². The van der Waals surface area contributed by atoms with Crippen LogP contribution in [0.2, 0.25) is 10.0 Å². The zero-order chi connectivity index (χ0) is 17.4. The molecule has 0 unspecified atom stereocenters. The van der Waals surface area contributed by atoms with E-state index in [0.29, 0.717) is 26.3 Å². The number of carbonyl (C=O) groups excluding carboxylic acids is 1. The average molecular weight is 394 g/mol. The molecule has 128 valence electrons. The van der Waals surface area contributed by atoms with Crippen LogP contribution in [0.4, 0.5) is 11.1 Å². The fraction of sp³-hybridized carbons (Fsp3) is 0.250. The van der Waals surface area contributed by atoms with Gasteiger partial charge in [-0.3, -0.25) is 10.1 Å². The minimum Gasteiger partial charge on any atom is -0.341 e. The Morgan fingerprint density at radius 2 is 1.96 bits per heavy atom. The van der Waals surface area contributed by atoms with E-state index in [1.807, 2.05) is 0 Å². The van der Waals surface area contributed by atoms with Gasteiger partial charge in [0, 0.05) is 18.7 Å². The summed E-state index contributed by atoms with van der Waals surface area (Å²) in [5, 5.41) is 3.98. The van der Waals surface area contributed by atoms with Gasteiger partial charge in [0.25, 0.3) is 5.91 Å². The van der Waals surface area contributed by atoms with Gasteiger partial charge in [-0.25, -0.2) is 9.97 Å². The summed E-state index contributed by atoms with van der Waals surface area (Å²) >= 11 is 13.2. The minimum atomic E-state index is -0.301. The van der Waals surface area contributed by atoms with Crippen molar-refractivity contribution in [3.8, 4) is 0 Å². The predicted molar refractivity (Wildman–Crippen MR) is 101 cm³/mol. The maximum atomic E-state index is 12.3. The first kappa shape index (κ1) is 16.5. The Morgan fingerprint density at radius 1 is 1.16 bits per heavy atom. The lowest BCUT2D eigenvalue weighted by atomic mass is 10.2. The van der Waals surface area contributed by atoms with Gasteiger partial charge >= 0.3 is 0 Å². The van der Waals surface area contributed by atoms with Gasteiger partial charge in [-0.15, -0.1) is 0 Å². The number of nitrogens with zero attached hydrogens (tertiary/aromatic N) is 4. The predicted octanol–water partition coefficient (Wildman–Crippen LogP) is 4.25. The zero-order valence-electron chi connectivity index (χ0n) is 13.0. The van der Waals surface area contributed by atoms with Gasteiger partial charge in [0.2, 0.25) is 5.95 Å². The number of carbonyl (C=O) groups is 1. The molecule has 1 amide bonds. The smallest absolute Gasteiger partial charge is 0.257 e. The molecule has 4 rings (SSSR count). The number of rotatable bonds is 3. The van der Waals surface area contributed by atoms with Crippen LogP contribution in [0.15, 0.2) is 24.4 Å². The summed E-state index contributed by atoms with van der Waals surface area (Å²) in [4.78, 5) is 28.6. The lowest BCUT2D eigenvalue weighted by Gasteiger charge is -2.13. The molecule has 0 radical (unpaired) electrons. The van der Waals surface area contributed by atoms with E-state index in [1.54, 1.807) is 18.3 Å². The third kappa shape index (κ3) is 3.40. The number of halogens is 2. The number of amides is 1. The Hall–Kier alpha value is -1.96. The second-order valence-electron chi connectivity index (χ2n) is 5.66. The van der Waals surface area contributed by atoms with E-state index in [2.05, 4.69) is 25.2 Å². The summed E-state index contributed by atoms with van der Waals surface area (Å²) in [7, 11) is 0. The first-order chi connectivity index (χ1) is 12.1. The molecule has 1 aliphatic heterocycles. The molecule has 9 heteroatoms. The second-order valence-corrected chi connectivity index (χ2v) is 7.45. The topological polar surface area (TPSA) is 71.0 Å². The Kier molecular flexibility index (Phi) is 4.45. The van der Waals surface area contributed by atoms with Crippen molar-refractivity contribution in [2.75, 3.05) is 23.3 Å². The molecule has 3 heterocycles. The number of aromatic nitrogens is 3. The Labute approximate surface area is 157 Å². The molecule has 25 heavy (non-hydrogen) atoms. The van der Waals surface area contributed by atoms with Crippen LogP contribution in [0.3, 0.4) is 0 Å². The van der Waals surface area contributed by atoms with Gasteiger partial charge in [0.1, 0.15) is 5.52 Å². The molecule has 1 aliphatic rings. The summed E-state index contributed by atoms with van der Waals surface area (Å²) in [6, 6.07) is 4.73. The van der Waals surface area contributed by atoms with Crippen molar-refractivity contribution >= 4 is 61.9 Å². The molecule has 6 nitrogen and oxygen atoms in total. The standard InChI is InChI=1S/C16H13Cl2N5OS/c17-10-4-3-9(7-11(10)18)13(24)21-16-20-12-8-19-15(22-14(12)25-16)23-5-1-2-6-23/h3-4,7-8H,1-2,5-6H2,(H,20,21,24). The van der Waals surface area contributed by atoms with E-state index in [-0.39, 0.29) is 5.91 Å². The second kappa shape index (κ2) is 6.74. The van der Waals surface area contributed by atoms with Crippen LogP contribution >= 0.6 is 34.5 Å². The molecule has 1 N–H and O–H groups in total. The number of fused-ring (bicyclic) bond motifs is 1. The Bertz CT molecular complexity index is 955. The molecule has 3 aromatic rings. The third-order valence-electron chi connectivity index (χ3n) is 3.93. The molecule has 2 aromatic heterocycles. The number of hydrogen-bond donors (Lipinski definition) is 1. The molecule has 1 saturated heterocycles. The largest absolute Gasteiger partial charge is 0.341 e. The highest BCUT2D eigenvalue weighted by Crippen LogP contribution is 2.27. The monoisotopic (exact) mass is 393 g/mol. The molecule has 1 fully saturated rings. The van der Waals surface area contributed by atoms with Crippen molar-refractivity contribution in [1.82, 2.24) is 15.0 Å². The lowest BCUT2D eigenvalue weighted by Crippen LogP contribution is -2.20. The first-order valence-electron chi connectivity index (χ1n) is 7.75. The number of anilines is 2. The fourth-order valence-corrected chi connectivity index (χ4v) is 3.76. The van der Waals surface area contributed by atoms with Crippen LogP contribution in [0.25, 0.3) is 10.3 Å². The third-order valence-corrected chi connectivity index (χ3v) is 5.55. The van der Waals surface area contributed by atoms with Crippen LogP contribution in [0, 0.1) is 0 Å². The summed E-state index contributed by atoms with van der Waals surface area (Å²) < 4.78 is 0. The van der Waals surface area contributed by atoms with Crippen molar-refractivity contribution in [3.63, 3.8) is 0 Å². The van der Waals surface area contributed by atoms with Crippen LogP contribution in [-0.4, -0.2) is 33.9 Å². The Balaban J connectivity index is 1.56. The number of thiazole rings is 1. The first-order valence-corrected chi connectivity index (χ1v) is 9.32. The van der Waals surface area contributed by atoms with Gasteiger partial charge in [-0.2, -0.15) is 4.98 Å². The fourth-order valence-electron chi connectivity index (χ4n) is 2.66. The summed E-state index contributed by atoms with van der Waals surface area (Å²) in [6.07, 6.45) is 4.02. The molecule has 1 aromatic carbocycles. The van der Waals surface area contributed by atoms with Crippen molar-refractivity contribution in [2.45, 2.75) is 12.8 Å². The SMILES string of the molecule is O=C(Nc1nc2cnc(N3CCCC3)nc2s1)c1ccc(Cl)c(Cl)c1. The van der Waals surface area contributed by atoms with Crippen LogP contribution in [-0.2, 0) is 0 Å². The van der Waals surface area contributed by atoms with E-state index < -0.39 is 0 Å². The van der Waals surface area contributed by atoms with E-state index in [1.165, 1.54) is 17.4 Å². The van der Waals surface area contributed by atoms with Crippen LogP contribution in [0.1, 0.15) is 23.2 Å². The molecule has 0 bridgehead atoms. The van der Waals surface area contributed by atoms with Crippen LogP contribution < -0.4 is 10.2 Å². The number of nitrogens with one attached hydrogen (secondary N) is 1. The average Bonchev–Trinajstić information content (AvgIpc) is 3.25. The highest BCUT2D eigenvalue weighted by atomic mass is 35.5. The molecule has 0 spiro atoms. The minimum absolute atomic E-state index is 0.301. The molecule has 0 atom stereocenters. The molecule has 0 aliphatic carbocycles. The zero-order valence-corrected chi connectivity index (χ0v) is 15.3. The van der Waals surface area contributed by atoms with Gasteiger partial charge in [0.05, 0.1) is 16.2 Å². The molecular formula is C16H13Cl2N5OS. The lowest BCUT2D eigenvalue weighted by molar-refractivity contribution is 0.102. The van der Waals surface area contributed by atoms with Gasteiger partial charge in [-0.1, -0.05) is 34.5 Å². The number of hydrogen-bond acceptors (Lipinski definition) is 6. The van der Waals surface area contributed by atoms with Crippen molar-refractivity contribution < 1.29 is 4.79 Å². The van der Waals surface area contributed by atoms with Crippen LogP contribution in [0.5, 0.6) is 0 Å². The van der Waals surface area contributed by atoms with Gasteiger partial charge < -0.3 is 4.90 Å².